The van der Waals surface area contributed by atoms with Gasteiger partial charge in [0.05, 0.1) is 4.92 Å². The highest BCUT2D eigenvalue weighted by molar-refractivity contribution is 6.02. The van der Waals surface area contributed by atoms with E-state index in [-0.39, 0.29) is 29.5 Å². The van der Waals surface area contributed by atoms with Crippen molar-refractivity contribution in [3.05, 3.63) is 63.7 Å². The van der Waals surface area contributed by atoms with E-state index in [1.807, 2.05) is 26.0 Å². The number of non-ortho nitro benzene ring substituents is 1. The van der Waals surface area contributed by atoms with Gasteiger partial charge in [-0.15, -0.1) is 0 Å². The molecule has 0 aromatic heterocycles. The van der Waals surface area contributed by atoms with Crippen molar-refractivity contribution < 1.29 is 19.2 Å². The predicted octanol–water partition coefficient (Wildman–Crippen LogP) is 3.99. The lowest BCUT2D eigenvalue weighted by atomic mass is 10.1. The number of benzene rings is 2. The lowest BCUT2D eigenvalue weighted by Crippen LogP contribution is -2.28. The third-order valence-corrected chi connectivity index (χ3v) is 5.87. The van der Waals surface area contributed by atoms with Crippen LogP contribution in [0.4, 0.5) is 17.1 Å². The largest absolute Gasteiger partial charge is 0.483 e. The smallest absolute Gasteiger partial charge is 0.271 e. The minimum Gasteiger partial charge on any atom is -0.483 e. The first-order valence-electron chi connectivity index (χ1n) is 11.8. The number of hydrogen-bond donors (Lipinski definition) is 1. The average Bonchev–Trinajstić information content (AvgIpc) is 3.42. The number of likely N-dealkylation sites (tertiary alicyclic amines) is 1. The van der Waals surface area contributed by atoms with Crippen LogP contribution in [0.1, 0.15) is 32.3 Å². The first kappa shape index (κ1) is 26.2. The molecule has 1 fully saturated rings. The van der Waals surface area contributed by atoms with Gasteiger partial charge in [0.2, 0.25) is 0 Å². The van der Waals surface area contributed by atoms with E-state index >= 15 is 0 Å². The molecule has 188 valence electrons. The second kappa shape index (κ2) is 12.4. The molecule has 0 atom stereocenters. The molecule has 3 rings (SSSR count). The zero-order valence-electron chi connectivity index (χ0n) is 20.4. The zero-order valence-corrected chi connectivity index (χ0v) is 20.4. The quantitative estimate of drug-likeness (QED) is 0.230. The number of ether oxygens (including phenoxy) is 1. The van der Waals surface area contributed by atoms with Gasteiger partial charge in [-0.1, -0.05) is 6.07 Å². The second-order valence-electron chi connectivity index (χ2n) is 8.21. The van der Waals surface area contributed by atoms with E-state index in [2.05, 4.69) is 10.2 Å². The Balaban J connectivity index is 1.84. The highest BCUT2D eigenvalue weighted by Gasteiger charge is 2.22. The summed E-state index contributed by atoms with van der Waals surface area (Å²) in [5, 5.41) is 23.2. The number of rotatable bonds is 10. The molecule has 10 nitrogen and oxygen atoms in total. The summed E-state index contributed by atoms with van der Waals surface area (Å²) in [5.41, 5.74) is 1.50. The van der Waals surface area contributed by atoms with Crippen LogP contribution in [0.3, 0.4) is 0 Å². The monoisotopic (exact) mass is 491 g/mol. The van der Waals surface area contributed by atoms with Gasteiger partial charge in [-0.2, -0.15) is 5.26 Å². The Morgan fingerprint density at radius 2 is 1.92 bits per heavy atom. The molecular weight excluding hydrogens is 462 g/mol. The lowest BCUT2D eigenvalue weighted by molar-refractivity contribution is -0.384. The highest BCUT2D eigenvalue weighted by atomic mass is 16.6. The Morgan fingerprint density at radius 1 is 1.19 bits per heavy atom. The van der Waals surface area contributed by atoms with Gasteiger partial charge in [0, 0.05) is 61.3 Å². The van der Waals surface area contributed by atoms with E-state index in [0.29, 0.717) is 24.4 Å². The van der Waals surface area contributed by atoms with Crippen molar-refractivity contribution in [3.63, 3.8) is 0 Å². The number of amides is 2. The van der Waals surface area contributed by atoms with E-state index in [9.17, 15) is 25.0 Å². The summed E-state index contributed by atoms with van der Waals surface area (Å²) in [4.78, 5) is 39.5. The molecule has 1 heterocycles. The van der Waals surface area contributed by atoms with Crippen LogP contribution >= 0.6 is 0 Å². The molecule has 1 aliphatic rings. The molecule has 1 saturated heterocycles. The molecule has 0 unspecified atom stereocenters. The van der Waals surface area contributed by atoms with Crippen molar-refractivity contribution in [1.29, 1.82) is 5.26 Å². The number of nitrogens with zero attached hydrogens (tertiary/aromatic N) is 4. The topological polar surface area (TPSA) is 129 Å². The maximum Gasteiger partial charge on any atom is 0.271 e. The lowest BCUT2D eigenvalue weighted by Gasteiger charge is -2.22. The number of nitriles is 1. The second-order valence-corrected chi connectivity index (χ2v) is 8.21. The molecule has 0 aliphatic carbocycles. The van der Waals surface area contributed by atoms with Crippen molar-refractivity contribution in [2.24, 2.45) is 0 Å². The maximum atomic E-state index is 12.8. The first-order chi connectivity index (χ1) is 17.4. The number of carbonyl (C=O) groups is 2. The van der Waals surface area contributed by atoms with Crippen molar-refractivity contribution in [2.75, 3.05) is 43.0 Å². The molecule has 2 amide bonds. The number of carbonyl (C=O) groups excluding carboxylic acids is 2. The minimum absolute atomic E-state index is 0.00149. The number of nitrogens with one attached hydrogen (secondary N) is 1. The van der Waals surface area contributed by atoms with E-state index in [0.717, 1.165) is 31.6 Å². The number of nitro groups is 1. The molecule has 36 heavy (non-hydrogen) atoms. The van der Waals surface area contributed by atoms with E-state index in [1.54, 1.807) is 23.1 Å². The fraction of sp³-hybridized carbons (Fsp3) is 0.346. The predicted molar refractivity (Wildman–Crippen MR) is 137 cm³/mol. The van der Waals surface area contributed by atoms with Gasteiger partial charge in [-0.25, -0.2) is 0 Å². The van der Waals surface area contributed by atoms with Crippen LogP contribution in [0.15, 0.2) is 48.0 Å². The minimum atomic E-state index is -0.542. The fourth-order valence-electron chi connectivity index (χ4n) is 3.98. The summed E-state index contributed by atoms with van der Waals surface area (Å²) < 4.78 is 5.83. The Hall–Kier alpha value is -4.39. The summed E-state index contributed by atoms with van der Waals surface area (Å²) in [6.07, 6.45) is 3.31. The molecule has 0 radical (unpaired) electrons. The maximum absolute atomic E-state index is 12.8. The van der Waals surface area contributed by atoms with Crippen molar-refractivity contribution >= 4 is 35.0 Å². The van der Waals surface area contributed by atoms with Gasteiger partial charge >= 0.3 is 0 Å². The van der Waals surface area contributed by atoms with Gasteiger partial charge in [-0.05, 0) is 51.0 Å². The summed E-state index contributed by atoms with van der Waals surface area (Å²) >= 11 is 0. The SMILES string of the molecule is CCN(CC)c1ccc(/C=C(\C#N)C(=O)N2CCCC2)c(OCC(=O)Nc2cccc([N+](=O)[O-])c2)c1. The molecule has 1 N–H and O–H groups in total. The van der Waals surface area contributed by atoms with Gasteiger partial charge in [0.25, 0.3) is 17.5 Å². The van der Waals surface area contributed by atoms with E-state index in [1.165, 1.54) is 24.3 Å². The molecule has 0 saturated carbocycles. The van der Waals surface area contributed by atoms with Crippen molar-refractivity contribution in [3.8, 4) is 11.8 Å². The van der Waals surface area contributed by atoms with Crippen LogP contribution in [-0.4, -0.2) is 54.4 Å². The Morgan fingerprint density at radius 3 is 2.56 bits per heavy atom. The van der Waals surface area contributed by atoms with Gasteiger partial charge < -0.3 is 19.9 Å². The molecule has 0 bridgehead atoms. The highest BCUT2D eigenvalue weighted by Crippen LogP contribution is 2.29. The van der Waals surface area contributed by atoms with Gasteiger partial charge in [-0.3, -0.25) is 19.7 Å². The first-order valence-corrected chi connectivity index (χ1v) is 11.8. The molecule has 2 aromatic rings. The number of nitro benzene ring substituents is 1. The normalized spacial score (nSPS) is 13.1. The molecule has 2 aromatic carbocycles. The third-order valence-electron chi connectivity index (χ3n) is 5.87. The average molecular weight is 492 g/mol. The summed E-state index contributed by atoms with van der Waals surface area (Å²) in [7, 11) is 0. The fourth-order valence-corrected chi connectivity index (χ4v) is 3.98. The summed E-state index contributed by atoms with van der Waals surface area (Å²) in [6, 6.07) is 13.0. The van der Waals surface area contributed by atoms with Crippen LogP contribution in [0.25, 0.3) is 6.08 Å². The van der Waals surface area contributed by atoms with E-state index in [4.69, 9.17) is 4.74 Å². The molecule has 1 aliphatic heterocycles. The van der Waals surface area contributed by atoms with Gasteiger partial charge in [0.1, 0.15) is 17.4 Å². The Bertz CT molecular complexity index is 1190. The Labute approximate surface area is 209 Å². The van der Waals surface area contributed by atoms with Crippen molar-refractivity contribution in [1.82, 2.24) is 4.90 Å². The third kappa shape index (κ3) is 6.60. The molecule has 10 heteroatoms. The van der Waals surface area contributed by atoms with Crippen LogP contribution in [0, 0.1) is 21.4 Å². The van der Waals surface area contributed by atoms with Crippen LogP contribution < -0.4 is 15.0 Å². The Kier molecular flexibility index (Phi) is 9.00. The van der Waals surface area contributed by atoms with E-state index < -0.39 is 10.8 Å². The summed E-state index contributed by atoms with van der Waals surface area (Å²) in [5.74, 6) is -0.486. The molecule has 0 spiro atoms. The number of hydrogen-bond acceptors (Lipinski definition) is 7. The van der Waals surface area contributed by atoms with Crippen LogP contribution in [0.5, 0.6) is 5.75 Å². The van der Waals surface area contributed by atoms with Gasteiger partial charge in [0.15, 0.2) is 6.61 Å². The molecular formula is C26H29N5O5. The zero-order chi connectivity index (χ0) is 26.1. The number of anilines is 2. The van der Waals surface area contributed by atoms with Crippen LogP contribution in [0.2, 0.25) is 0 Å². The van der Waals surface area contributed by atoms with Crippen LogP contribution in [-0.2, 0) is 9.59 Å². The summed E-state index contributed by atoms with van der Waals surface area (Å²) in [6.45, 7) is 6.44. The standard InChI is InChI=1S/C26H29N5O5/c1-3-29(4-2)22-11-10-19(14-20(17-27)26(33)30-12-5-6-13-30)24(16-22)36-18-25(32)28-21-8-7-9-23(15-21)31(34)35/h7-11,14-16H,3-6,12-13,18H2,1-2H3,(H,28,32)/b20-14+. The van der Waals surface area contributed by atoms with Crippen molar-refractivity contribution in [2.45, 2.75) is 26.7 Å².